The van der Waals surface area contributed by atoms with Crippen molar-refractivity contribution in [2.45, 2.75) is 4.90 Å². The number of sulfonamides is 1. The molecule has 0 saturated carbocycles. The monoisotopic (exact) mass is 569 g/mol. The second-order valence-electron chi connectivity index (χ2n) is 6.71. The van der Waals surface area contributed by atoms with E-state index >= 15 is 0 Å². The standard InChI is InChI=1S/C23H21BrClNO7S/c1-30-18-11-10-14(12-17(18)25)26(34(28,29)15-8-6-5-7-9-15)23(27)16-13-19(31-2)21(32-3)22(33-4)20(16)24/h5-13H,1-4H3. The number of benzene rings is 3. The fourth-order valence-corrected chi connectivity index (χ4v) is 5.53. The molecule has 0 spiro atoms. The van der Waals surface area contributed by atoms with Gasteiger partial charge in [-0.2, -0.15) is 4.31 Å². The van der Waals surface area contributed by atoms with Gasteiger partial charge in [0.2, 0.25) is 5.75 Å². The van der Waals surface area contributed by atoms with Crippen LogP contribution in [0.3, 0.4) is 0 Å². The zero-order chi connectivity index (χ0) is 25.0. The third-order valence-corrected chi connectivity index (χ3v) is 7.64. The molecule has 0 fully saturated rings. The molecule has 180 valence electrons. The number of nitrogens with zero attached hydrogens (tertiary/aromatic N) is 1. The third-order valence-electron chi connectivity index (χ3n) is 4.84. The van der Waals surface area contributed by atoms with E-state index in [1.165, 1.54) is 64.8 Å². The number of carbonyl (C=O) groups excluding carboxylic acids is 1. The first-order valence-corrected chi connectivity index (χ1v) is 12.3. The minimum Gasteiger partial charge on any atom is -0.495 e. The molecule has 0 radical (unpaired) electrons. The summed E-state index contributed by atoms with van der Waals surface area (Å²) in [6, 6.07) is 13.2. The van der Waals surface area contributed by atoms with E-state index in [0.29, 0.717) is 10.1 Å². The summed E-state index contributed by atoms with van der Waals surface area (Å²) in [6.45, 7) is 0. The predicted octanol–water partition coefficient (Wildman–Crippen LogP) is 5.17. The molecule has 0 unspecified atom stereocenters. The zero-order valence-corrected chi connectivity index (χ0v) is 21.8. The van der Waals surface area contributed by atoms with Crippen LogP contribution >= 0.6 is 27.5 Å². The van der Waals surface area contributed by atoms with Crippen molar-refractivity contribution in [2.75, 3.05) is 32.7 Å². The molecule has 0 N–H and O–H groups in total. The molecule has 0 aromatic heterocycles. The van der Waals surface area contributed by atoms with E-state index in [9.17, 15) is 13.2 Å². The van der Waals surface area contributed by atoms with Crippen LogP contribution in [0.5, 0.6) is 23.0 Å². The number of amides is 1. The molecule has 1 amide bonds. The summed E-state index contributed by atoms with van der Waals surface area (Å²) in [7, 11) is 1.26. The summed E-state index contributed by atoms with van der Waals surface area (Å²) in [5, 5.41) is 0.130. The predicted molar refractivity (Wildman–Crippen MR) is 132 cm³/mol. The summed E-state index contributed by atoms with van der Waals surface area (Å²) < 4.78 is 49.5. The Balaban J connectivity index is 2.30. The summed E-state index contributed by atoms with van der Waals surface area (Å²) >= 11 is 9.61. The van der Waals surface area contributed by atoms with Crippen LogP contribution in [0.25, 0.3) is 0 Å². The first-order valence-electron chi connectivity index (χ1n) is 9.67. The fraction of sp³-hybridized carbons (Fsp3) is 0.174. The van der Waals surface area contributed by atoms with E-state index in [-0.39, 0.29) is 42.9 Å². The van der Waals surface area contributed by atoms with Crippen molar-refractivity contribution >= 4 is 49.1 Å². The van der Waals surface area contributed by atoms with E-state index in [4.69, 9.17) is 30.5 Å². The quantitative estimate of drug-likeness (QED) is 0.369. The molecule has 3 aromatic rings. The largest absolute Gasteiger partial charge is 0.495 e. The van der Waals surface area contributed by atoms with Crippen LogP contribution in [0.1, 0.15) is 10.4 Å². The Bertz CT molecular complexity index is 1320. The lowest BCUT2D eigenvalue weighted by Crippen LogP contribution is -2.37. The van der Waals surface area contributed by atoms with Gasteiger partial charge in [-0.3, -0.25) is 4.79 Å². The van der Waals surface area contributed by atoms with Gasteiger partial charge in [-0.25, -0.2) is 8.42 Å². The zero-order valence-electron chi connectivity index (χ0n) is 18.7. The normalized spacial score (nSPS) is 11.0. The summed E-state index contributed by atoms with van der Waals surface area (Å²) in [5.74, 6) is 0.0178. The van der Waals surface area contributed by atoms with Gasteiger partial charge in [0, 0.05) is 0 Å². The average Bonchev–Trinajstić information content (AvgIpc) is 2.84. The van der Waals surface area contributed by atoms with Gasteiger partial charge in [-0.15, -0.1) is 0 Å². The second kappa shape index (κ2) is 10.5. The van der Waals surface area contributed by atoms with Crippen LogP contribution in [0.4, 0.5) is 5.69 Å². The lowest BCUT2D eigenvalue weighted by molar-refractivity contribution is 0.100. The highest BCUT2D eigenvalue weighted by atomic mass is 79.9. The number of methoxy groups -OCH3 is 4. The molecule has 3 rings (SSSR count). The van der Waals surface area contributed by atoms with E-state index in [2.05, 4.69) is 15.9 Å². The van der Waals surface area contributed by atoms with Gasteiger partial charge < -0.3 is 18.9 Å². The van der Waals surface area contributed by atoms with Gasteiger partial charge in [0.25, 0.3) is 15.9 Å². The van der Waals surface area contributed by atoms with Crippen LogP contribution in [0, 0.1) is 0 Å². The highest BCUT2D eigenvalue weighted by Gasteiger charge is 2.35. The number of halogens is 2. The van der Waals surface area contributed by atoms with Gasteiger partial charge in [0.05, 0.1) is 54.1 Å². The molecule has 0 aliphatic carbocycles. The van der Waals surface area contributed by atoms with E-state index in [0.717, 1.165) is 0 Å². The Labute approximate surface area is 211 Å². The minimum absolute atomic E-state index is 0.0142. The number of rotatable bonds is 8. The topological polar surface area (TPSA) is 91.4 Å². The van der Waals surface area contributed by atoms with Crippen LogP contribution in [-0.4, -0.2) is 42.8 Å². The molecule has 8 nitrogen and oxygen atoms in total. The molecule has 0 atom stereocenters. The lowest BCUT2D eigenvalue weighted by Gasteiger charge is -2.25. The molecule has 0 bridgehead atoms. The van der Waals surface area contributed by atoms with E-state index < -0.39 is 15.9 Å². The van der Waals surface area contributed by atoms with Crippen molar-refractivity contribution in [3.8, 4) is 23.0 Å². The van der Waals surface area contributed by atoms with Crippen molar-refractivity contribution in [2.24, 2.45) is 0 Å². The van der Waals surface area contributed by atoms with Crippen molar-refractivity contribution < 1.29 is 32.2 Å². The molecule has 3 aromatic carbocycles. The molecule has 0 aliphatic rings. The maximum absolute atomic E-state index is 13.9. The Morgan fingerprint density at radius 1 is 0.853 bits per heavy atom. The SMILES string of the molecule is COc1ccc(N(C(=O)c2cc(OC)c(OC)c(OC)c2Br)S(=O)(=O)c2ccccc2)cc1Cl. The minimum atomic E-state index is -4.36. The molecule has 34 heavy (non-hydrogen) atoms. The van der Waals surface area contributed by atoms with E-state index in [1.54, 1.807) is 18.2 Å². The van der Waals surface area contributed by atoms with Crippen molar-refractivity contribution in [3.63, 3.8) is 0 Å². The summed E-state index contributed by atoms with van der Waals surface area (Å²) in [6.07, 6.45) is 0. The molecule has 0 saturated heterocycles. The molecule has 11 heteroatoms. The maximum atomic E-state index is 13.9. The average molecular weight is 571 g/mol. The highest BCUT2D eigenvalue weighted by molar-refractivity contribution is 9.10. The summed E-state index contributed by atoms with van der Waals surface area (Å²) in [5.41, 5.74) is -0.0266. The second-order valence-corrected chi connectivity index (χ2v) is 9.70. The first kappa shape index (κ1) is 25.7. The fourth-order valence-electron chi connectivity index (χ4n) is 3.23. The molecule has 0 heterocycles. The molecular weight excluding hydrogens is 550 g/mol. The molecule has 0 aliphatic heterocycles. The van der Waals surface area contributed by atoms with Crippen LogP contribution in [-0.2, 0) is 10.0 Å². The van der Waals surface area contributed by atoms with Gasteiger partial charge in [-0.05, 0) is 52.3 Å². The number of hydrogen-bond donors (Lipinski definition) is 0. The Morgan fingerprint density at radius 3 is 2.00 bits per heavy atom. The van der Waals surface area contributed by atoms with Crippen LogP contribution < -0.4 is 23.3 Å². The number of anilines is 1. The number of hydrogen-bond acceptors (Lipinski definition) is 7. The van der Waals surface area contributed by atoms with Crippen molar-refractivity contribution in [1.82, 2.24) is 0 Å². The first-order chi connectivity index (χ1) is 16.2. The van der Waals surface area contributed by atoms with Crippen molar-refractivity contribution in [1.29, 1.82) is 0 Å². The Morgan fingerprint density at radius 2 is 1.47 bits per heavy atom. The Kier molecular flexibility index (Phi) is 7.96. The third kappa shape index (κ3) is 4.66. The van der Waals surface area contributed by atoms with Gasteiger partial charge in [0.15, 0.2) is 11.5 Å². The van der Waals surface area contributed by atoms with Crippen molar-refractivity contribution in [3.05, 3.63) is 69.7 Å². The smallest absolute Gasteiger partial charge is 0.273 e. The van der Waals surface area contributed by atoms with E-state index in [1.807, 2.05) is 0 Å². The van der Waals surface area contributed by atoms with Crippen LogP contribution in [0.2, 0.25) is 5.02 Å². The van der Waals surface area contributed by atoms with Gasteiger partial charge in [-0.1, -0.05) is 29.8 Å². The highest BCUT2D eigenvalue weighted by Crippen LogP contribution is 2.45. The number of ether oxygens (including phenoxy) is 4. The lowest BCUT2D eigenvalue weighted by atomic mass is 10.1. The summed E-state index contributed by atoms with van der Waals surface area (Å²) in [4.78, 5) is 13.8. The van der Waals surface area contributed by atoms with Gasteiger partial charge in [0.1, 0.15) is 5.75 Å². The maximum Gasteiger partial charge on any atom is 0.273 e. The van der Waals surface area contributed by atoms with Crippen LogP contribution in [0.15, 0.2) is 64.0 Å². The molecular formula is C23H21BrClNO7S. The number of carbonyl (C=O) groups is 1. The van der Waals surface area contributed by atoms with Gasteiger partial charge >= 0.3 is 0 Å². The Hall–Kier alpha value is -2.95.